The molecule has 1 N–H and O–H groups in total. The molecule has 20 heavy (non-hydrogen) atoms. The number of hydrogen-bond donors (Lipinski definition) is 1. The van der Waals surface area contributed by atoms with E-state index < -0.39 is 0 Å². The molecule has 4 heteroatoms. The third-order valence-corrected chi connectivity index (χ3v) is 4.90. The minimum absolute atomic E-state index is 0.323. The number of nitrogens with zero attached hydrogens (tertiary/aromatic N) is 1. The summed E-state index contributed by atoms with van der Waals surface area (Å²) in [6.45, 7) is 5.79. The van der Waals surface area contributed by atoms with Gasteiger partial charge in [0.25, 0.3) is 0 Å². The molecule has 0 radical (unpaired) electrons. The summed E-state index contributed by atoms with van der Waals surface area (Å²) in [5.74, 6) is 0.958. The van der Waals surface area contributed by atoms with Crippen LogP contribution in [0, 0.1) is 5.92 Å². The molecular weight excluding hydrogens is 336 g/mol. The zero-order chi connectivity index (χ0) is 14.5. The Morgan fingerprint density at radius 2 is 2.20 bits per heavy atom. The van der Waals surface area contributed by atoms with Crippen molar-refractivity contribution in [2.45, 2.75) is 32.2 Å². The van der Waals surface area contributed by atoms with Crippen molar-refractivity contribution in [1.29, 1.82) is 0 Å². The first-order chi connectivity index (χ1) is 9.63. The van der Waals surface area contributed by atoms with Crippen LogP contribution in [-0.2, 0) is 0 Å². The first-order valence-electron chi connectivity index (χ1n) is 7.48. The van der Waals surface area contributed by atoms with Gasteiger partial charge >= 0.3 is 0 Å². The van der Waals surface area contributed by atoms with E-state index in [4.69, 9.17) is 11.6 Å². The maximum Gasteiger partial charge on any atom is 0.0465 e. The van der Waals surface area contributed by atoms with E-state index in [-0.39, 0.29) is 0 Å². The Hall–Kier alpha value is -0.0900. The molecule has 0 saturated heterocycles. The molecule has 2 rings (SSSR count). The van der Waals surface area contributed by atoms with Crippen LogP contribution in [0.1, 0.15) is 37.8 Å². The van der Waals surface area contributed by atoms with Crippen molar-refractivity contribution in [1.82, 2.24) is 10.2 Å². The monoisotopic (exact) mass is 358 g/mol. The topological polar surface area (TPSA) is 15.3 Å². The van der Waals surface area contributed by atoms with Gasteiger partial charge in [-0.1, -0.05) is 40.5 Å². The first kappa shape index (κ1) is 16.3. The van der Waals surface area contributed by atoms with Gasteiger partial charge in [-0.2, -0.15) is 0 Å². The molecule has 112 valence electrons. The van der Waals surface area contributed by atoms with Gasteiger partial charge in [-0.25, -0.2) is 0 Å². The molecule has 1 fully saturated rings. The summed E-state index contributed by atoms with van der Waals surface area (Å²) in [5, 5.41) is 4.24. The standard InChI is InChI=1S/C16H24BrClN2/c1-3-20(11-12-4-5-12)9-8-16(19-2)14-7-6-13(17)10-15(14)18/h6-7,10,12,16,19H,3-5,8-9,11H2,1-2H3. The second-order valence-electron chi connectivity index (χ2n) is 5.63. The third-order valence-electron chi connectivity index (χ3n) is 4.08. The van der Waals surface area contributed by atoms with E-state index in [0.29, 0.717) is 6.04 Å². The highest BCUT2D eigenvalue weighted by molar-refractivity contribution is 9.10. The minimum atomic E-state index is 0.323. The van der Waals surface area contributed by atoms with E-state index >= 15 is 0 Å². The Morgan fingerprint density at radius 1 is 1.45 bits per heavy atom. The van der Waals surface area contributed by atoms with Crippen molar-refractivity contribution in [2.24, 2.45) is 5.92 Å². The van der Waals surface area contributed by atoms with Crippen LogP contribution in [0.2, 0.25) is 5.02 Å². The van der Waals surface area contributed by atoms with Crippen LogP contribution in [0.15, 0.2) is 22.7 Å². The first-order valence-corrected chi connectivity index (χ1v) is 8.65. The van der Waals surface area contributed by atoms with E-state index in [1.165, 1.54) is 24.9 Å². The van der Waals surface area contributed by atoms with Gasteiger partial charge < -0.3 is 10.2 Å². The van der Waals surface area contributed by atoms with E-state index in [2.05, 4.69) is 45.2 Å². The average Bonchev–Trinajstić information content (AvgIpc) is 3.23. The molecule has 1 aliphatic rings. The van der Waals surface area contributed by atoms with Gasteiger partial charge in [0, 0.05) is 22.1 Å². The largest absolute Gasteiger partial charge is 0.313 e. The molecule has 1 aromatic carbocycles. The second-order valence-corrected chi connectivity index (χ2v) is 6.96. The van der Waals surface area contributed by atoms with Crippen molar-refractivity contribution in [2.75, 3.05) is 26.7 Å². The van der Waals surface area contributed by atoms with Crippen LogP contribution in [0.4, 0.5) is 0 Å². The van der Waals surface area contributed by atoms with Gasteiger partial charge in [-0.05, 0) is 63.0 Å². The molecule has 0 aromatic heterocycles. The molecule has 1 atom stereocenters. The number of hydrogen-bond acceptors (Lipinski definition) is 2. The van der Waals surface area contributed by atoms with Gasteiger partial charge in [0.1, 0.15) is 0 Å². The highest BCUT2D eigenvalue weighted by Crippen LogP contribution is 2.31. The van der Waals surface area contributed by atoms with Crippen molar-refractivity contribution in [3.63, 3.8) is 0 Å². The normalized spacial score (nSPS) is 16.6. The Kier molecular flexibility index (Phi) is 6.34. The average molecular weight is 360 g/mol. The molecule has 0 aliphatic heterocycles. The molecule has 0 heterocycles. The lowest BCUT2D eigenvalue weighted by molar-refractivity contribution is 0.261. The van der Waals surface area contributed by atoms with E-state index in [0.717, 1.165) is 34.9 Å². The van der Waals surface area contributed by atoms with Crippen LogP contribution >= 0.6 is 27.5 Å². The quantitative estimate of drug-likeness (QED) is 0.736. The van der Waals surface area contributed by atoms with E-state index in [1.807, 2.05) is 13.1 Å². The minimum Gasteiger partial charge on any atom is -0.313 e. The maximum absolute atomic E-state index is 6.36. The summed E-state index contributed by atoms with van der Waals surface area (Å²) in [4.78, 5) is 2.56. The van der Waals surface area contributed by atoms with Gasteiger partial charge in [0.2, 0.25) is 0 Å². The summed E-state index contributed by atoms with van der Waals surface area (Å²) in [7, 11) is 2.01. The lowest BCUT2D eigenvalue weighted by Gasteiger charge is -2.24. The predicted molar refractivity (Wildman–Crippen MR) is 90.4 cm³/mol. The molecule has 1 aromatic rings. The Balaban J connectivity index is 1.93. The van der Waals surface area contributed by atoms with Crippen LogP contribution in [0.3, 0.4) is 0 Å². The zero-order valence-electron chi connectivity index (χ0n) is 12.3. The van der Waals surface area contributed by atoms with Crippen molar-refractivity contribution in [3.8, 4) is 0 Å². The summed E-state index contributed by atoms with van der Waals surface area (Å²) < 4.78 is 1.03. The summed E-state index contributed by atoms with van der Waals surface area (Å²) >= 11 is 9.82. The maximum atomic E-state index is 6.36. The molecule has 1 saturated carbocycles. The van der Waals surface area contributed by atoms with Crippen molar-refractivity contribution >= 4 is 27.5 Å². The van der Waals surface area contributed by atoms with E-state index in [9.17, 15) is 0 Å². The molecule has 0 spiro atoms. The SMILES string of the molecule is CCN(CCC(NC)c1ccc(Br)cc1Cl)CC1CC1. The Labute approximate surface area is 136 Å². The molecular formula is C16H24BrClN2. The molecule has 1 aliphatic carbocycles. The molecule has 0 bridgehead atoms. The number of halogens is 2. The van der Waals surface area contributed by atoms with Crippen LogP contribution in [0.5, 0.6) is 0 Å². The van der Waals surface area contributed by atoms with Gasteiger partial charge in [-0.3, -0.25) is 0 Å². The number of benzene rings is 1. The summed E-state index contributed by atoms with van der Waals surface area (Å²) in [6.07, 6.45) is 3.94. The van der Waals surface area contributed by atoms with Crippen molar-refractivity contribution in [3.05, 3.63) is 33.3 Å². The van der Waals surface area contributed by atoms with Crippen LogP contribution < -0.4 is 5.32 Å². The fourth-order valence-corrected chi connectivity index (χ4v) is 3.40. The number of nitrogens with one attached hydrogen (secondary N) is 1. The smallest absolute Gasteiger partial charge is 0.0465 e. The Morgan fingerprint density at radius 3 is 2.75 bits per heavy atom. The Bertz CT molecular complexity index is 434. The predicted octanol–water partition coefficient (Wildman–Crippen LogP) is 4.49. The van der Waals surface area contributed by atoms with Gasteiger partial charge in [-0.15, -0.1) is 0 Å². The molecule has 1 unspecified atom stereocenters. The molecule has 0 amide bonds. The lowest BCUT2D eigenvalue weighted by Crippen LogP contribution is -2.30. The third kappa shape index (κ3) is 4.73. The lowest BCUT2D eigenvalue weighted by atomic mass is 10.0. The zero-order valence-corrected chi connectivity index (χ0v) is 14.7. The fraction of sp³-hybridized carbons (Fsp3) is 0.625. The van der Waals surface area contributed by atoms with Gasteiger partial charge in [0.15, 0.2) is 0 Å². The van der Waals surface area contributed by atoms with Crippen LogP contribution in [-0.4, -0.2) is 31.6 Å². The van der Waals surface area contributed by atoms with E-state index in [1.54, 1.807) is 0 Å². The highest BCUT2D eigenvalue weighted by Gasteiger charge is 2.24. The summed E-state index contributed by atoms with van der Waals surface area (Å²) in [5.41, 5.74) is 1.19. The summed E-state index contributed by atoms with van der Waals surface area (Å²) in [6, 6.07) is 6.48. The van der Waals surface area contributed by atoms with Gasteiger partial charge in [0.05, 0.1) is 0 Å². The second kappa shape index (κ2) is 7.79. The van der Waals surface area contributed by atoms with Crippen LogP contribution in [0.25, 0.3) is 0 Å². The molecule has 2 nitrogen and oxygen atoms in total. The number of rotatable bonds is 8. The fourth-order valence-electron chi connectivity index (χ4n) is 2.60. The van der Waals surface area contributed by atoms with Crippen molar-refractivity contribution < 1.29 is 0 Å². The highest BCUT2D eigenvalue weighted by atomic mass is 79.9.